The number of rotatable bonds is 0. The fraction of sp³-hybridized carbons (Fsp3) is 0.623. The first kappa shape index (κ1) is 107. The van der Waals surface area contributed by atoms with E-state index < -0.39 is 0 Å². The van der Waals surface area contributed by atoms with Gasteiger partial charge in [-0.05, 0) is 80.3 Å². The molecule has 7 heteroatoms. The minimum absolute atomic E-state index is 0.0707. The summed E-state index contributed by atoms with van der Waals surface area (Å²) < 4.78 is 0. The monoisotopic (exact) mass is 1170 g/mol. The average Bonchev–Trinajstić information content (AvgIpc) is 3.54. The minimum Gasteiger partial charge on any atom is -0.265 e. The molecule has 7 nitrogen and oxygen atoms in total. The van der Waals surface area contributed by atoms with Crippen molar-refractivity contribution in [2.24, 2.45) is 0 Å². The average molecular weight is 1170 g/mol. The van der Waals surface area contributed by atoms with Crippen LogP contribution in [0.3, 0.4) is 0 Å². The van der Waals surface area contributed by atoms with Crippen LogP contribution in [-0.4, -0.2) is 34.9 Å². The van der Waals surface area contributed by atoms with Crippen molar-refractivity contribution in [3.8, 4) is 0 Å². The molecule has 0 bridgehead atoms. The Balaban J connectivity index is -0.0000000689. The summed E-state index contributed by atoms with van der Waals surface area (Å²) in [4.78, 5) is 28.4. The fourth-order valence-electron chi connectivity index (χ4n) is 4.78. The summed E-state index contributed by atoms with van der Waals surface area (Å²) >= 11 is 0. The van der Waals surface area contributed by atoms with Crippen LogP contribution in [-0.2, 0) is 32.5 Å². The number of hydrogen-bond donors (Lipinski definition) is 0. The molecule has 0 spiro atoms. The normalized spacial score (nSPS) is 9.07. The molecule has 0 fully saturated rings. The molecule has 0 aliphatic heterocycles. The van der Waals surface area contributed by atoms with Crippen LogP contribution < -0.4 is 0 Å². The smallest absolute Gasteiger partial charge is 0.133 e. The van der Waals surface area contributed by atoms with Crippen molar-refractivity contribution in [3.63, 3.8) is 0 Å². The highest BCUT2D eigenvalue weighted by atomic mass is 14.9. The zero-order chi connectivity index (χ0) is 69.7. The van der Waals surface area contributed by atoms with E-state index in [0.717, 1.165) is 11.5 Å². The molecule has 6 aromatic rings. The van der Waals surface area contributed by atoms with Crippen molar-refractivity contribution < 1.29 is 0 Å². The van der Waals surface area contributed by atoms with Gasteiger partial charge in [-0.3, -0.25) is 15.0 Å². The summed E-state index contributed by atoms with van der Waals surface area (Å²) in [6.07, 6.45) is 18.0. The van der Waals surface area contributed by atoms with E-state index in [1.165, 1.54) is 22.3 Å². The first-order chi connectivity index (χ1) is 39.6. The van der Waals surface area contributed by atoms with E-state index in [9.17, 15) is 0 Å². The first-order valence-corrected chi connectivity index (χ1v) is 32.9. The second kappa shape index (κ2) is 73.9. The van der Waals surface area contributed by atoms with Gasteiger partial charge in [-0.15, -0.1) is 0 Å². The van der Waals surface area contributed by atoms with E-state index in [1.54, 1.807) is 24.9 Å². The van der Waals surface area contributed by atoms with Crippen LogP contribution in [0.15, 0.2) is 141 Å². The van der Waals surface area contributed by atoms with E-state index in [1.807, 2.05) is 228 Å². The maximum atomic E-state index is 4.25. The molecule has 0 unspecified atom stereocenters. The number of benzene rings is 1. The van der Waals surface area contributed by atoms with Gasteiger partial charge >= 0.3 is 0 Å². The van der Waals surface area contributed by atoms with E-state index in [0.29, 0.717) is 5.41 Å². The number of hydrogen-bond acceptors (Lipinski definition) is 7. The fourth-order valence-corrected chi connectivity index (χ4v) is 4.78. The largest absolute Gasteiger partial charge is 0.265 e. The lowest BCUT2D eigenvalue weighted by atomic mass is 9.87. The first-order valence-electron chi connectivity index (χ1n) is 32.9. The lowest BCUT2D eigenvalue weighted by Crippen LogP contribution is -2.14. The van der Waals surface area contributed by atoms with Gasteiger partial charge < -0.3 is 0 Å². The second-order valence-electron chi connectivity index (χ2n) is 20.8. The van der Waals surface area contributed by atoms with Crippen molar-refractivity contribution in [3.05, 3.63) is 175 Å². The van der Waals surface area contributed by atoms with Gasteiger partial charge in [0.2, 0.25) is 0 Å². The van der Waals surface area contributed by atoms with Crippen LogP contribution in [0.25, 0.3) is 0 Å². The summed E-state index contributed by atoms with van der Waals surface area (Å²) in [5.74, 6) is 0.898. The molecule has 84 heavy (non-hydrogen) atoms. The molecule has 0 N–H and O–H groups in total. The molecule has 5 heterocycles. The molecule has 6 rings (SSSR count). The zero-order valence-corrected chi connectivity index (χ0v) is 64.4. The molecule has 0 saturated carbocycles. The van der Waals surface area contributed by atoms with Crippen LogP contribution in [0.2, 0.25) is 0 Å². The highest BCUT2D eigenvalue weighted by Crippen LogP contribution is 2.23. The molecule has 1 aromatic carbocycles. The van der Waals surface area contributed by atoms with Crippen LogP contribution in [0.1, 0.15) is 325 Å². The van der Waals surface area contributed by atoms with E-state index >= 15 is 0 Å². The van der Waals surface area contributed by atoms with Gasteiger partial charge in [-0.1, -0.05) is 333 Å². The minimum atomic E-state index is 0.0707. The maximum Gasteiger partial charge on any atom is 0.133 e. The van der Waals surface area contributed by atoms with Crippen molar-refractivity contribution in [1.29, 1.82) is 0 Å². The maximum absolute atomic E-state index is 4.25. The highest BCUT2D eigenvalue weighted by molar-refractivity contribution is 5.22. The van der Waals surface area contributed by atoms with Gasteiger partial charge in [-0.25, -0.2) is 19.9 Å². The second-order valence-corrected chi connectivity index (χ2v) is 20.8. The van der Waals surface area contributed by atoms with Crippen molar-refractivity contribution in [1.82, 2.24) is 34.9 Å². The molecule has 0 aliphatic rings. The Morgan fingerprint density at radius 3 is 0.738 bits per heavy atom. The lowest BCUT2D eigenvalue weighted by Gasteiger charge is -2.18. The van der Waals surface area contributed by atoms with Gasteiger partial charge in [0.1, 0.15) is 12.2 Å². The third-order valence-electron chi connectivity index (χ3n) is 8.81. The molecule has 5 aromatic heterocycles. The topological polar surface area (TPSA) is 90.2 Å². The predicted molar refractivity (Wildman–Crippen MR) is 392 cm³/mol. The zero-order valence-electron chi connectivity index (χ0n) is 64.4. The summed E-state index contributed by atoms with van der Waals surface area (Å²) in [5, 5.41) is 0. The summed E-state index contributed by atoms with van der Waals surface area (Å²) in [6.45, 7) is 87.0. The highest BCUT2D eigenvalue weighted by Gasteiger charge is 2.17. The van der Waals surface area contributed by atoms with Crippen LogP contribution >= 0.6 is 0 Å². The molecule has 0 aliphatic carbocycles. The van der Waals surface area contributed by atoms with E-state index in [-0.39, 0.29) is 27.1 Å². The van der Waals surface area contributed by atoms with Gasteiger partial charge in [0.05, 0.1) is 0 Å². The van der Waals surface area contributed by atoms with Gasteiger partial charge in [0.15, 0.2) is 0 Å². The third kappa shape index (κ3) is 71.1. The predicted octanol–water partition coefficient (Wildman–Crippen LogP) is 26.0. The van der Waals surface area contributed by atoms with Crippen LogP contribution in [0.4, 0.5) is 0 Å². The molecule has 0 saturated heterocycles. The summed E-state index contributed by atoms with van der Waals surface area (Å²) in [6, 6.07) is 26.6. The molecule has 0 amide bonds. The quantitative estimate of drug-likeness (QED) is 0.150. The Kier molecular flexibility index (Phi) is 94.1. The molecular formula is C77H149N7. The van der Waals surface area contributed by atoms with Gasteiger partial charge in [-0.2, -0.15) is 0 Å². The summed E-state index contributed by atoms with van der Waals surface area (Å²) in [7, 11) is 0. The van der Waals surface area contributed by atoms with Crippen LogP contribution in [0, 0.1) is 0 Å². The van der Waals surface area contributed by atoms with Gasteiger partial charge in [0.25, 0.3) is 0 Å². The number of aromatic nitrogens is 7. The molecular weight excluding hydrogens is 1020 g/mol. The standard InChI is InChI=1S/C10H14.3C9H13N.2C8H12N2.12C2H6/c1-10(2,3)9-7-5-4-6-8-9;1-9(2,3)8-4-6-10-7-5-8;1-9(2,3)8-5-4-6-10-7-8;1-9(2,3)8-6-4-5-7-10-8;1-8(2,3)7-4-9-6-10-5-7;1-8(2,3)7-9-5-4-6-10-7;12*1-2/h4-8H,1-3H3;3*4-7H,1-3H3;2*4-6H,1-3H3;12*1-2H3. The Hall–Kier alpha value is -5.17. The Bertz CT molecular complexity index is 1560. The lowest BCUT2D eigenvalue weighted by molar-refractivity contribution is 0.545. The van der Waals surface area contributed by atoms with Crippen molar-refractivity contribution in [2.45, 2.75) is 323 Å². The number of nitrogens with zero attached hydrogens (tertiary/aromatic N) is 7. The Morgan fingerprint density at radius 1 is 0.214 bits per heavy atom. The Labute approximate surface area is 530 Å². The molecule has 0 atom stereocenters. The summed E-state index contributed by atoms with van der Waals surface area (Å²) in [5.41, 5.74) is 7.54. The molecule has 492 valence electrons. The van der Waals surface area contributed by atoms with Crippen LogP contribution in [0.5, 0.6) is 0 Å². The van der Waals surface area contributed by atoms with E-state index in [4.69, 9.17) is 0 Å². The number of pyridine rings is 3. The SMILES string of the molecule is CC.CC.CC.CC.CC.CC.CC.CC.CC.CC.CC.CC.CC(C)(C)c1ccccc1.CC(C)(C)c1ccccn1.CC(C)(C)c1cccnc1.CC(C)(C)c1ccncc1.CC(C)(C)c1cncnc1.CC(C)(C)c1ncccn1. The van der Waals surface area contributed by atoms with Crippen molar-refractivity contribution in [2.75, 3.05) is 0 Å². The van der Waals surface area contributed by atoms with E-state index in [2.05, 4.69) is 214 Å². The van der Waals surface area contributed by atoms with Gasteiger partial charge in [0, 0.05) is 72.3 Å². The molecule has 0 radical (unpaired) electrons. The van der Waals surface area contributed by atoms with Crippen molar-refractivity contribution >= 4 is 0 Å². The Morgan fingerprint density at radius 2 is 0.524 bits per heavy atom. The third-order valence-corrected chi connectivity index (χ3v) is 8.81.